The fraction of sp³-hybridized carbons (Fsp3) is 0.500. The maximum atomic E-state index is 4.81. The van der Waals surface area contributed by atoms with Crippen LogP contribution in [-0.2, 0) is 26.1 Å². The first-order valence-corrected chi connectivity index (χ1v) is 8.46. The van der Waals surface area contributed by atoms with Gasteiger partial charge in [0.15, 0.2) is 5.16 Å². The Morgan fingerprint density at radius 3 is 3.14 bits per heavy atom. The van der Waals surface area contributed by atoms with Crippen molar-refractivity contribution >= 4 is 17.6 Å². The van der Waals surface area contributed by atoms with E-state index in [2.05, 4.69) is 24.8 Å². The van der Waals surface area contributed by atoms with Crippen molar-refractivity contribution in [3.63, 3.8) is 0 Å². The van der Waals surface area contributed by atoms with E-state index in [9.17, 15) is 0 Å². The van der Waals surface area contributed by atoms with Gasteiger partial charge in [-0.2, -0.15) is 0 Å². The number of nitrogens with zero attached hydrogens (tertiary/aromatic N) is 5. The fourth-order valence-corrected chi connectivity index (χ4v) is 3.41. The highest BCUT2D eigenvalue weighted by Gasteiger charge is 2.24. The first-order valence-electron chi connectivity index (χ1n) is 7.23. The van der Waals surface area contributed by atoms with E-state index in [-0.39, 0.29) is 0 Å². The van der Waals surface area contributed by atoms with Gasteiger partial charge in [0.05, 0.1) is 24.3 Å². The monoisotopic (exact) mass is 302 g/mol. The van der Waals surface area contributed by atoms with Crippen LogP contribution in [0.15, 0.2) is 17.7 Å². The van der Waals surface area contributed by atoms with Crippen LogP contribution in [-0.4, -0.2) is 38.9 Å². The lowest BCUT2D eigenvalue weighted by Crippen LogP contribution is -2.36. The summed E-state index contributed by atoms with van der Waals surface area (Å²) in [6.45, 7) is 4.69. The Balaban J connectivity index is 1.74. The number of aromatic nitrogens is 4. The molecule has 0 amide bonds. The van der Waals surface area contributed by atoms with Gasteiger partial charge in [-0.15, -0.1) is 0 Å². The molecular weight excluding hydrogens is 284 g/mol. The van der Waals surface area contributed by atoms with Crippen LogP contribution in [0.2, 0.25) is 0 Å². The number of hydrogen-bond donors (Lipinski definition) is 1. The average Bonchev–Trinajstić information content (AvgIpc) is 3.01. The van der Waals surface area contributed by atoms with E-state index in [1.807, 2.05) is 18.8 Å². The predicted molar refractivity (Wildman–Crippen MR) is 82.5 cm³/mol. The van der Waals surface area contributed by atoms with Crippen LogP contribution in [0.3, 0.4) is 0 Å². The standard InChI is InChI=1S/C14H18N6S/c1-21-14-17-12-7-15-3-2-11(12)13(18-14)19-4-5-20-9-16-6-10(20)8-19/h6,9,15H,2-5,7-8H2,1H3. The minimum Gasteiger partial charge on any atom is -0.349 e. The first kappa shape index (κ1) is 13.1. The van der Waals surface area contributed by atoms with Gasteiger partial charge >= 0.3 is 0 Å². The van der Waals surface area contributed by atoms with E-state index >= 15 is 0 Å². The molecular formula is C14H18N6S. The molecule has 0 bridgehead atoms. The van der Waals surface area contributed by atoms with Gasteiger partial charge in [0.25, 0.3) is 0 Å². The zero-order valence-electron chi connectivity index (χ0n) is 12.0. The number of rotatable bonds is 2. The SMILES string of the molecule is CSc1nc2c(c(N3CCn4cncc4C3)n1)CCNC2. The van der Waals surface area contributed by atoms with Gasteiger partial charge in [0, 0.05) is 31.4 Å². The highest BCUT2D eigenvalue weighted by Crippen LogP contribution is 2.28. The van der Waals surface area contributed by atoms with E-state index in [4.69, 9.17) is 4.98 Å². The van der Waals surface area contributed by atoms with Crippen LogP contribution in [0.25, 0.3) is 0 Å². The molecule has 0 saturated carbocycles. The van der Waals surface area contributed by atoms with Gasteiger partial charge in [0.1, 0.15) is 5.82 Å². The summed E-state index contributed by atoms with van der Waals surface area (Å²) in [5, 5.41) is 4.27. The van der Waals surface area contributed by atoms with Crippen LogP contribution in [0.4, 0.5) is 5.82 Å². The summed E-state index contributed by atoms with van der Waals surface area (Å²) in [6.07, 6.45) is 6.92. The largest absolute Gasteiger partial charge is 0.349 e. The summed E-state index contributed by atoms with van der Waals surface area (Å²) < 4.78 is 2.22. The Kier molecular flexibility index (Phi) is 3.31. The van der Waals surface area contributed by atoms with Gasteiger partial charge in [-0.1, -0.05) is 11.8 Å². The van der Waals surface area contributed by atoms with Gasteiger partial charge in [-0.3, -0.25) is 0 Å². The molecule has 0 radical (unpaired) electrons. The van der Waals surface area contributed by atoms with Gasteiger partial charge in [-0.25, -0.2) is 15.0 Å². The van der Waals surface area contributed by atoms with Crippen LogP contribution in [0, 0.1) is 0 Å². The molecule has 2 aromatic rings. The topological polar surface area (TPSA) is 58.9 Å². The lowest BCUT2D eigenvalue weighted by Gasteiger charge is -2.32. The third kappa shape index (κ3) is 2.30. The maximum Gasteiger partial charge on any atom is 0.189 e. The molecule has 6 nitrogen and oxygen atoms in total. The number of nitrogens with one attached hydrogen (secondary N) is 1. The number of anilines is 1. The Labute approximate surface area is 128 Å². The molecule has 0 aromatic carbocycles. The van der Waals surface area contributed by atoms with Crippen LogP contribution >= 0.6 is 11.8 Å². The highest BCUT2D eigenvalue weighted by atomic mass is 32.2. The summed E-state index contributed by atoms with van der Waals surface area (Å²) in [6, 6.07) is 0. The fourth-order valence-electron chi connectivity index (χ4n) is 3.04. The smallest absolute Gasteiger partial charge is 0.189 e. The summed E-state index contributed by atoms with van der Waals surface area (Å²) in [7, 11) is 0. The van der Waals surface area contributed by atoms with E-state index in [1.54, 1.807) is 11.8 Å². The van der Waals surface area contributed by atoms with Crippen molar-refractivity contribution in [3.05, 3.63) is 29.5 Å². The molecule has 21 heavy (non-hydrogen) atoms. The van der Waals surface area contributed by atoms with Crippen molar-refractivity contribution in [1.82, 2.24) is 24.8 Å². The van der Waals surface area contributed by atoms with Crippen molar-refractivity contribution < 1.29 is 0 Å². The summed E-state index contributed by atoms with van der Waals surface area (Å²) in [4.78, 5) is 16.1. The molecule has 1 N–H and O–H groups in total. The minimum absolute atomic E-state index is 0.851. The van der Waals surface area contributed by atoms with Gasteiger partial charge < -0.3 is 14.8 Å². The molecule has 0 fully saturated rings. The predicted octanol–water partition coefficient (Wildman–Crippen LogP) is 1.06. The van der Waals surface area contributed by atoms with Gasteiger partial charge in [-0.05, 0) is 19.2 Å². The molecule has 0 spiro atoms. The van der Waals surface area contributed by atoms with Crippen molar-refractivity contribution in [2.45, 2.75) is 31.2 Å². The van der Waals surface area contributed by atoms with Crippen molar-refractivity contribution in [2.75, 3.05) is 24.2 Å². The number of hydrogen-bond acceptors (Lipinski definition) is 6. The molecule has 0 unspecified atom stereocenters. The third-order valence-corrected chi connectivity index (χ3v) is 4.69. The van der Waals surface area contributed by atoms with E-state index in [0.29, 0.717) is 0 Å². The lowest BCUT2D eigenvalue weighted by molar-refractivity contribution is 0.553. The number of fused-ring (bicyclic) bond motifs is 2. The molecule has 2 aliphatic heterocycles. The number of imidazole rings is 1. The number of thioether (sulfide) groups is 1. The minimum atomic E-state index is 0.851. The Bertz CT molecular complexity index is 667. The Morgan fingerprint density at radius 1 is 1.29 bits per heavy atom. The lowest BCUT2D eigenvalue weighted by atomic mass is 10.1. The molecule has 4 heterocycles. The van der Waals surface area contributed by atoms with E-state index in [0.717, 1.165) is 55.8 Å². The molecule has 0 atom stereocenters. The summed E-state index contributed by atoms with van der Waals surface area (Å²) in [5.41, 5.74) is 3.74. The average molecular weight is 302 g/mol. The maximum absolute atomic E-state index is 4.81. The molecule has 0 saturated heterocycles. The molecule has 2 aliphatic rings. The Hall–Kier alpha value is -1.60. The summed E-state index contributed by atoms with van der Waals surface area (Å²) >= 11 is 1.61. The van der Waals surface area contributed by atoms with Crippen molar-refractivity contribution in [1.29, 1.82) is 0 Å². The first-order chi connectivity index (χ1) is 10.3. The molecule has 110 valence electrons. The van der Waals surface area contributed by atoms with E-state index < -0.39 is 0 Å². The van der Waals surface area contributed by atoms with Crippen LogP contribution < -0.4 is 10.2 Å². The quantitative estimate of drug-likeness (QED) is 0.661. The molecule has 0 aliphatic carbocycles. The second-order valence-electron chi connectivity index (χ2n) is 5.39. The second kappa shape index (κ2) is 5.31. The zero-order chi connectivity index (χ0) is 14.2. The third-order valence-electron chi connectivity index (χ3n) is 4.14. The Morgan fingerprint density at radius 2 is 2.24 bits per heavy atom. The molecule has 2 aromatic heterocycles. The van der Waals surface area contributed by atoms with E-state index in [1.165, 1.54) is 11.3 Å². The van der Waals surface area contributed by atoms with Crippen molar-refractivity contribution in [3.8, 4) is 0 Å². The zero-order valence-corrected chi connectivity index (χ0v) is 12.9. The second-order valence-corrected chi connectivity index (χ2v) is 6.16. The van der Waals surface area contributed by atoms with Crippen LogP contribution in [0.1, 0.15) is 17.0 Å². The van der Waals surface area contributed by atoms with Gasteiger partial charge in [0.2, 0.25) is 0 Å². The normalized spacial score (nSPS) is 17.5. The van der Waals surface area contributed by atoms with Crippen molar-refractivity contribution in [2.24, 2.45) is 0 Å². The van der Waals surface area contributed by atoms with Crippen LogP contribution in [0.5, 0.6) is 0 Å². The molecule has 7 heteroatoms. The summed E-state index contributed by atoms with van der Waals surface area (Å²) in [5.74, 6) is 1.12. The highest BCUT2D eigenvalue weighted by molar-refractivity contribution is 7.98. The molecule has 4 rings (SSSR count).